The number of rotatable bonds is 6. The number of nitrogens with one attached hydrogen (secondary N) is 2. The van der Waals surface area contributed by atoms with Crippen molar-refractivity contribution in [3.8, 4) is 5.75 Å². The molecule has 2 heterocycles. The van der Waals surface area contributed by atoms with Crippen LogP contribution >= 0.6 is 0 Å². The first kappa shape index (κ1) is 21.7. The number of methoxy groups -OCH3 is 1. The van der Waals surface area contributed by atoms with E-state index >= 15 is 0 Å². The Labute approximate surface area is 186 Å². The van der Waals surface area contributed by atoms with Crippen molar-refractivity contribution in [2.75, 3.05) is 26.8 Å². The average molecular weight is 447 g/mol. The normalized spacial score (nSPS) is 31.2. The van der Waals surface area contributed by atoms with Crippen LogP contribution in [0.3, 0.4) is 0 Å². The first-order valence-electron chi connectivity index (χ1n) is 11.2. The highest BCUT2D eigenvalue weighted by Crippen LogP contribution is 2.63. The number of ether oxygens (including phenoxy) is 2. The summed E-state index contributed by atoms with van der Waals surface area (Å²) in [5.74, 6) is 1.25. The first-order chi connectivity index (χ1) is 15.3. The molecule has 1 saturated heterocycles. The van der Waals surface area contributed by atoms with Gasteiger partial charge in [0.2, 0.25) is 0 Å². The maximum absolute atomic E-state index is 13.9. The number of alkyl halides is 3. The third kappa shape index (κ3) is 3.42. The zero-order chi connectivity index (χ0) is 22.6. The second-order valence-corrected chi connectivity index (χ2v) is 9.44. The van der Waals surface area contributed by atoms with Crippen molar-refractivity contribution in [2.45, 2.75) is 44.1 Å². The average Bonchev–Trinajstić information content (AvgIpc) is 3.36. The van der Waals surface area contributed by atoms with E-state index in [4.69, 9.17) is 9.47 Å². The van der Waals surface area contributed by atoms with Crippen molar-refractivity contribution in [2.24, 2.45) is 11.3 Å². The summed E-state index contributed by atoms with van der Waals surface area (Å²) >= 11 is 0. The quantitative estimate of drug-likeness (QED) is 0.687. The smallest absolute Gasteiger partial charge is 0.421 e. The fourth-order valence-corrected chi connectivity index (χ4v) is 5.66. The minimum Gasteiger partial charge on any atom is -0.496 e. The molecule has 2 aromatic carbocycles. The number of halogens is 3. The van der Waals surface area contributed by atoms with E-state index in [0.29, 0.717) is 36.2 Å². The van der Waals surface area contributed by atoms with Crippen LogP contribution in [0.2, 0.25) is 0 Å². The predicted octanol–water partition coefficient (Wildman–Crippen LogP) is 4.49. The fraction of sp³-hybridized carbons (Fsp3) is 0.520. The summed E-state index contributed by atoms with van der Waals surface area (Å²) in [6.45, 7) is 3.42. The summed E-state index contributed by atoms with van der Waals surface area (Å²) in [6, 6.07) is 14.1. The van der Waals surface area contributed by atoms with Crippen molar-refractivity contribution in [1.29, 1.82) is 0 Å². The van der Waals surface area contributed by atoms with Gasteiger partial charge in [0.05, 0.1) is 13.7 Å². The lowest BCUT2D eigenvalue weighted by Gasteiger charge is -2.38. The van der Waals surface area contributed by atoms with E-state index in [0.717, 1.165) is 32.0 Å². The molecule has 2 aromatic rings. The van der Waals surface area contributed by atoms with Gasteiger partial charge in [-0.2, -0.15) is 13.2 Å². The molecule has 4 nitrogen and oxygen atoms in total. The number of hydrogen-bond donors (Lipinski definition) is 2. The SMILES string of the molecule is COc1cc2c(cc1CNC[C@]13CC1CN[C@@H]3c1ccccc1)C(C)(C(F)(F)F)OCC2. The largest absolute Gasteiger partial charge is 0.496 e. The molecule has 2 fully saturated rings. The minimum atomic E-state index is -4.49. The van der Waals surface area contributed by atoms with Crippen LogP contribution < -0.4 is 15.4 Å². The van der Waals surface area contributed by atoms with Crippen LogP contribution in [0, 0.1) is 11.3 Å². The van der Waals surface area contributed by atoms with Gasteiger partial charge in [-0.1, -0.05) is 30.3 Å². The van der Waals surface area contributed by atoms with Gasteiger partial charge in [0.15, 0.2) is 5.60 Å². The molecule has 32 heavy (non-hydrogen) atoms. The minimum absolute atomic E-state index is 0.0432. The summed E-state index contributed by atoms with van der Waals surface area (Å²) in [7, 11) is 1.56. The van der Waals surface area contributed by atoms with Crippen LogP contribution in [0.5, 0.6) is 5.75 Å². The Morgan fingerprint density at radius 3 is 2.69 bits per heavy atom. The van der Waals surface area contributed by atoms with E-state index in [9.17, 15) is 13.2 Å². The number of hydrogen-bond acceptors (Lipinski definition) is 4. The molecule has 0 bridgehead atoms. The molecule has 2 N–H and O–H groups in total. The van der Waals surface area contributed by atoms with Crippen LogP contribution in [0.1, 0.15) is 41.6 Å². The van der Waals surface area contributed by atoms with Crippen LogP contribution in [0.25, 0.3) is 0 Å². The number of benzene rings is 2. The van der Waals surface area contributed by atoms with E-state index in [1.165, 1.54) is 5.56 Å². The summed E-state index contributed by atoms with van der Waals surface area (Å²) < 4.78 is 52.4. The summed E-state index contributed by atoms with van der Waals surface area (Å²) in [6.07, 6.45) is -2.88. The van der Waals surface area contributed by atoms with Crippen molar-refractivity contribution in [1.82, 2.24) is 10.6 Å². The van der Waals surface area contributed by atoms with Crippen LogP contribution in [-0.2, 0) is 23.3 Å². The highest BCUT2D eigenvalue weighted by atomic mass is 19.4. The Kier molecular flexibility index (Phi) is 5.26. The third-order valence-corrected chi connectivity index (χ3v) is 7.65. The molecule has 5 rings (SSSR count). The van der Waals surface area contributed by atoms with Gasteiger partial charge in [-0.25, -0.2) is 0 Å². The lowest BCUT2D eigenvalue weighted by atomic mass is 9.85. The van der Waals surface area contributed by atoms with Crippen LogP contribution in [0.4, 0.5) is 13.2 Å². The predicted molar refractivity (Wildman–Crippen MR) is 115 cm³/mol. The van der Waals surface area contributed by atoms with Gasteiger partial charge in [0.1, 0.15) is 5.75 Å². The molecule has 0 aromatic heterocycles. The van der Waals surface area contributed by atoms with Gasteiger partial charge < -0.3 is 20.1 Å². The van der Waals surface area contributed by atoms with Crippen LogP contribution in [0.15, 0.2) is 42.5 Å². The van der Waals surface area contributed by atoms with Gasteiger partial charge in [-0.15, -0.1) is 0 Å². The molecular formula is C25H29F3N2O2. The Hall–Kier alpha value is -2.09. The molecule has 0 spiro atoms. The second-order valence-electron chi connectivity index (χ2n) is 9.44. The molecule has 0 radical (unpaired) electrons. The van der Waals surface area contributed by atoms with Gasteiger partial charge >= 0.3 is 6.18 Å². The molecule has 3 aliphatic rings. The molecule has 1 aliphatic carbocycles. The van der Waals surface area contributed by atoms with Crippen LogP contribution in [-0.4, -0.2) is 33.0 Å². The molecule has 2 aliphatic heterocycles. The summed E-state index contributed by atoms with van der Waals surface area (Å²) in [5, 5.41) is 7.18. The fourth-order valence-electron chi connectivity index (χ4n) is 5.66. The monoisotopic (exact) mass is 446 g/mol. The van der Waals surface area contributed by atoms with Gasteiger partial charge in [0, 0.05) is 30.1 Å². The van der Waals surface area contributed by atoms with Crippen molar-refractivity contribution >= 4 is 0 Å². The highest BCUT2D eigenvalue weighted by molar-refractivity contribution is 5.47. The maximum Gasteiger partial charge on any atom is 0.421 e. The Morgan fingerprint density at radius 2 is 2.00 bits per heavy atom. The van der Waals surface area contributed by atoms with E-state index in [1.54, 1.807) is 19.2 Å². The topological polar surface area (TPSA) is 42.5 Å². The third-order valence-electron chi connectivity index (χ3n) is 7.65. The van der Waals surface area contributed by atoms with Gasteiger partial charge in [-0.05, 0) is 61.1 Å². The number of piperidine rings is 1. The standard InChI is InChI=1S/C25H29F3N2O2/c1-23(25(26,27)28)20-10-18(21(31-2)11-17(20)8-9-32-23)13-29-15-24-12-19(24)14-30-22(24)16-6-4-3-5-7-16/h3-7,10-11,19,22,29-30H,8-9,12-15H2,1-2H3/t19?,22-,23?,24-/m1/s1. The summed E-state index contributed by atoms with van der Waals surface area (Å²) in [5.41, 5.74) is 0.714. The molecule has 172 valence electrons. The van der Waals surface area contributed by atoms with E-state index in [2.05, 4.69) is 34.9 Å². The van der Waals surface area contributed by atoms with Gasteiger partial charge in [-0.3, -0.25) is 0 Å². The van der Waals surface area contributed by atoms with Gasteiger partial charge in [0.25, 0.3) is 0 Å². The lowest BCUT2D eigenvalue weighted by molar-refractivity contribution is -0.281. The lowest BCUT2D eigenvalue weighted by Crippen LogP contribution is -2.45. The molecule has 7 heteroatoms. The van der Waals surface area contributed by atoms with Crippen molar-refractivity contribution < 1.29 is 22.6 Å². The highest BCUT2D eigenvalue weighted by Gasteiger charge is 2.62. The first-order valence-corrected chi connectivity index (χ1v) is 11.2. The number of fused-ring (bicyclic) bond motifs is 2. The zero-order valence-corrected chi connectivity index (χ0v) is 18.4. The van der Waals surface area contributed by atoms with E-state index < -0.39 is 11.8 Å². The van der Waals surface area contributed by atoms with Crippen molar-refractivity contribution in [3.63, 3.8) is 0 Å². The molecule has 0 amide bonds. The Bertz CT molecular complexity index is 997. The Balaban J connectivity index is 1.36. The van der Waals surface area contributed by atoms with E-state index in [-0.39, 0.29) is 17.6 Å². The Morgan fingerprint density at radius 1 is 1.22 bits per heavy atom. The molecule has 1 saturated carbocycles. The van der Waals surface area contributed by atoms with Crippen molar-refractivity contribution in [3.05, 3.63) is 64.7 Å². The molecular weight excluding hydrogens is 417 g/mol. The maximum atomic E-state index is 13.9. The zero-order valence-electron chi connectivity index (χ0n) is 18.4. The molecule has 4 atom stereocenters. The summed E-state index contributed by atoms with van der Waals surface area (Å²) in [4.78, 5) is 0. The second kappa shape index (κ2) is 7.75. The molecule has 2 unspecified atom stereocenters. The van der Waals surface area contributed by atoms with E-state index in [1.807, 2.05) is 6.07 Å².